The second kappa shape index (κ2) is 7.66. The van der Waals surface area contributed by atoms with Crippen molar-refractivity contribution < 1.29 is 14.0 Å². The van der Waals surface area contributed by atoms with Gasteiger partial charge in [-0.1, -0.05) is 29.8 Å². The molecule has 25 heavy (non-hydrogen) atoms. The summed E-state index contributed by atoms with van der Waals surface area (Å²) < 4.78 is 12.9. The fourth-order valence-electron chi connectivity index (χ4n) is 2.07. The molecule has 0 spiro atoms. The van der Waals surface area contributed by atoms with E-state index in [2.05, 4.69) is 10.6 Å². The summed E-state index contributed by atoms with van der Waals surface area (Å²) in [5.41, 5.74) is 0.893. The van der Waals surface area contributed by atoms with Crippen LogP contribution < -0.4 is 10.6 Å². The number of carbonyl (C=O) groups excluding carboxylic acids is 2. The topological polar surface area (TPSA) is 58.2 Å². The summed E-state index contributed by atoms with van der Waals surface area (Å²) in [6.45, 7) is 5.16. The molecule has 2 aromatic carbocycles. The molecular formula is C19H20ClFN2O2. The summed E-state index contributed by atoms with van der Waals surface area (Å²) in [6, 6.07) is 11.0. The summed E-state index contributed by atoms with van der Waals surface area (Å²) in [5, 5.41) is 5.94. The predicted molar refractivity (Wildman–Crippen MR) is 96.8 cm³/mol. The smallest absolute Gasteiger partial charge is 0.239 e. The first-order valence-corrected chi connectivity index (χ1v) is 8.18. The number of rotatable bonds is 5. The van der Waals surface area contributed by atoms with E-state index in [4.69, 9.17) is 11.6 Å². The first-order valence-electron chi connectivity index (χ1n) is 7.80. The van der Waals surface area contributed by atoms with Gasteiger partial charge < -0.3 is 10.6 Å². The van der Waals surface area contributed by atoms with E-state index < -0.39 is 17.2 Å². The van der Waals surface area contributed by atoms with E-state index in [9.17, 15) is 14.0 Å². The number of aryl methyl sites for hydroxylation is 1. The van der Waals surface area contributed by atoms with E-state index in [-0.39, 0.29) is 12.4 Å². The van der Waals surface area contributed by atoms with Gasteiger partial charge >= 0.3 is 0 Å². The largest absolute Gasteiger partial charge is 0.351 e. The van der Waals surface area contributed by atoms with Gasteiger partial charge in [-0.05, 0) is 56.2 Å². The van der Waals surface area contributed by atoms with E-state index in [1.54, 1.807) is 30.3 Å². The Kier molecular flexibility index (Phi) is 5.80. The van der Waals surface area contributed by atoms with Crippen LogP contribution in [0.15, 0.2) is 42.5 Å². The average Bonchev–Trinajstić information content (AvgIpc) is 2.57. The van der Waals surface area contributed by atoms with Gasteiger partial charge in [-0.15, -0.1) is 0 Å². The zero-order valence-corrected chi connectivity index (χ0v) is 15.1. The van der Waals surface area contributed by atoms with Crippen LogP contribution in [0.4, 0.5) is 10.1 Å². The molecule has 2 rings (SSSR count). The molecule has 0 aliphatic rings. The quantitative estimate of drug-likeness (QED) is 0.788. The highest BCUT2D eigenvalue weighted by Crippen LogP contribution is 2.23. The van der Waals surface area contributed by atoms with E-state index in [1.807, 2.05) is 6.92 Å². The van der Waals surface area contributed by atoms with E-state index in [0.717, 1.165) is 11.1 Å². The van der Waals surface area contributed by atoms with Crippen LogP contribution in [-0.2, 0) is 16.1 Å². The zero-order chi connectivity index (χ0) is 18.6. The van der Waals surface area contributed by atoms with Crippen LogP contribution in [0.5, 0.6) is 0 Å². The predicted octanol–water partition coefficient (Wildman–Crippen LogP) is 4.07. The van der Waals surface area contributed by atoms with Gasteiger partial charge in [0, 0.05) is 17.3 Å². The third kappa shape index (κ3) is 4.79. The lowest BCUT2D eigenvalue weighted by molar-refractivity contribution is -0.138. The molecule has 0 fully saturated rings. The van der Waals surface area contributed by atoms with Crippen molar-refractivity contribution in [3.8, 4) is 0 Å². The Morgan fingerprint density at radius 3 is 2.32 bits per heavy atom. The highest BCUT2D eigenvalue weighted by molar-refractivity contribution is 6.31. The zero-order valence-electron chi connectivity index (χ0n) is 14.3. The molecule has 0 atom stereocenters. The van der Waals surface area contributed by atoms with Crippen molar-refractivity contribution in [2.45, 2.75) is 27.3 Å². The molecule has 0 aliphatic heterocycles. The Hall–Kier alpha value is -2.40. The molecule has 2 N–H and O–H groups in total. The fraction of sp³-hybridized carbons (Fsp3) is 0.263. The summed E-state index contributed by atoms with van der Waals surface area (Å²) in [5.74, 6) is -1.21. The Balaban J connectivity index is 2.00. The molecule has 0 saturated heterocycles. The van der Waals surface area contributed by atoms with Gasteiger partial charge in [0.05, 0.1) is 0 Å². The lowest BCUT2D eigenvalue weighted by Crippen LogP contribution is -2.44. The van der Waals surface area contributed by atoms with Crippen LogP contribution in [0, 0.1) is 18.2 Å². The van der Waals surface area contributed by atoms with Crippen LogP contribution in [-0.4, -0.2) is 11.8 Å². The van der Waals surface area contributed by atoms with E-state index in [0.29, 0.717) is 10.7 Å². The molecule has 2 amide bonds. The van der Waals surface area contributed by atoms with Gasteiger partial charge in [0.25, 0.3) is 0 Å². The maximum atomic E-state index is 12.9. The van der Waals surface area contributed by atoms with Crippen molar-refractivity contribution in [2.75, 3.05) is 5.32 Å². The lowest BCUT2D eigenvalue weighted by atomic mass is 9.90. The normalized spacial score (nSPS) is 11.1. The average molecular weight is 363 g/mol. The minimum atomic E-state index is -1.28. The molecule has 0 heterocycles. The van der Waals surface area contributed by atoms with Crippen molar-refractivity contribution >= 4 is 29.1 Å². The molecular weight excluding hydrogens is 343 g/mol. The van der Waals surface area contributed by atoms with Crippen molar-refractivity contribution in [2.24, 2.45) is 5.41 Å². The van der Waals surface area contributed by atoms with Gasteiger partial charge in [-0.2, -0.15) is 0 Å². The Bertz CT molecular complexity index is 789. The van der Waals surface area contributed by atoms with E-state index >= 15 is 0 Å². The number of benzene rings is 2. The molecule has 0 aliphatic carbocycles. The number of amides is 2. The third-order valence-electron chi connectivity index (χ3n) is 3.93. The molecule has 0 bridgehead atoms. The summed E-state index contributed by atoms with van der Waals surface area (Å²) in [7, 11) is 0. The molecule has 0 saturated carbocycles. The molecule has 0 radical (unpaired) electrons. The summed E-state index contributed by atoms with van der Waals surface area (Å²) in [4.78, 5) is 24.8. The minimum absolute atomic E-state index is 0.214. The van der Waals surface area contributed by atoms with Crippen molar-refractivity contribution in [3.05, 3.63) is 64.4 Å². The monoisotopic (exact) mass is 362 g/mol. The standard InChI is InChI=1S/C19H20ClFN2O2/c1-12-4-9-15(10-16(12)20)23-18(25)19(2,3)17(24)22-11-13-5-7-14(21)8-6-13/h4-10H,11H2,1-3H3,(H,22,24)(H,23,25). The highest BCUT2D eigenvalue weighted by Gasteiger charge is 2.36. The van der Waals surface area contributed by atoms with Crippen molar-refractivity contribution in [3.63, 3.8) is 0 Å². The van der Waals surface area contributed by atoms with Gasteiger partial charge in [-0.25, -0.2) is 4.39 Å². The van der Waals surface area contributed by atoms with Gasteiger partial charge in [0.2, 0.25) is 11.8 Å². The lowest BCUT2D eigenvalue weighted by Gasteiger charge is -2.23. The number of carbonyl (C=O) groups is 2. The second-order valence-electron chi connectivity index (χ2n) is 6.35. The molecule has 132 valence electrons. The van der Waals surface area contributed by atoms with Crippen LogP contribution >= 0.6 is 11.6 Å². The van der Waals surface area contributed by atoms with Crippen LogP contribution in [0.25, 0.3) is 0 Å². The minimum Gasteiger partial charge on any atom is -0.351 e. The number of anilines is 1. The maximum absolute atomic E-state index is 12.9. The molecule has 2 aromatic rings. The molecule has 4 nitrogen and oxygen atoms in total. The Labute approximate surface area is 151 Å². The molecule has 0 unspecified atom stereocenters. The van der Waals surface area contributed by atoms with Crippen LogP contribution in [0.2, 0.25) is 5.02 Å². The second-order valence-corrected chi connectivity index (χ2v) is 6.76. The Morgan fingerprint density at radius 1 is 1.08 bits per heavy atom. The van der Waals surface area contributed by atoms with E-state index in [1.165, 1.54) is 26.0 Å². The summed E-state index contributed by atoms with van der Waals surface area (Å²) >= 11 is 6.05. The Morgan fingerprint density at radius 2 is 1.72 bits per heavy atom. The van der Waals surface area contributed by atoms with Crippen LogP contribution in [0.3, 0.4) is 0 Å². The summed E-state index contributed by atoms with van der Waals surface area (Å²) in [6.07, 6.45) is 0. The fourth-order valence-corrected chi connectivity index (χ4v) is 2.25. The highest BCUT2D eigenvalue weighted by atomic mass is 35.5. The first kappa shape index (κ1) is 18.9. The number of halogens is 2. The number of hydrogen-bond acceptors (Lipinski definition) is 2. The van der Waals surface area contributed by atoms with Crippen molar-refractivity contribution in [1.82, 2.24) is 5.32 Å². The first-order chi connectivity index (χ1) is 11.7. The third-order valence-corrected chi connectivity index (χ3v) is 4.34. The SMILES string of the molecule is Cc1ccc(NC(=O)C(C)(C)C(=O)NCc2ccc(F)cc2)cc1Cl. The van der Waals surface area contributed by atoms with Crippen molar-refractivity contribution in [1.29, 1.82) is 0 Å². The number of hydrogen-bond donors (Lipinski definition) is 2. The number of nitrogens with one attached hydrogen (secondary N) is 2. The maximum Gasteiger partial charge on any atom is 0.239 e. The van der Waals surface area contributed by atoms with Crippen LogP contribution in [0.1, 0.15) is 25.0 Å². The van der Waals surface area contributed by atoms with Gasteiger partial charge in [0.1, 0.15) is 11.2 Å². The van der Waals surface area contributed by atoms with Gasteiger partial charge in [0.15, 0.2) is 0 Å². The van der Waals surface area contributed by atoms with Gasteiger partial charge in [-0.3, -0.25) is 9.59 Å². The molecule has 6 heteroatoms. The molecule has 0 aromatic heterocycles.